The standard InChI is InChI=1S/C22H25N3O4S/c1-4-25(5-2)17-10-11-20(15(3)12-17)24-22(26)29-21-19(13-23)18-9-7-6-8-16(18)14-30(21,27)28/h6-12,19,21H,4-5,14H2,1-3H3,(H,24,26). The smallest absolute Gasteiger partial charge is 0.412 e. The molecule has 3 rings (SSSR count). The van der Waals surface area contributed by atoms with Crippen LogP contribution in [0, 0.1) is 18.3 Å². The quantitative estimate of drug-likeness (QED) is 0.776. The molecule has 1 N–H and O–H groups in total. The molecule has 0 radical (unpaired) electrons. The number of hydrogen-bond donors (Lipinski definition) is 1. The van der Waals surface area contributed by atoms with E-state index < -0.39 is 27.3 Å². The monoisotopic (exact) mass is 427 g/mol. The van der Waals surface area contributed by atoms with Crippen LogP contribution in [0.1, 0.15) is 36.5 Å². The molecule has 2 aromatic carbocycles. The Labute approximate surface area is 177 Å². The molecule has 158 valence electrons. The van der Waals surface area contributed by atoms with E-state index in [4.69, 9.17) is 4.74 Å². The van der Waals surface area contributed by atoms with Gasteiger partial charge in [0.25, 0.3) is 0 Å². The third-order valence-electron chi connectivity index (χ3n) is 5.31. The highest BCUT2D eigenvalue weighted by atomic mass is 32.2. The van der Waals surface area contributed by atoms with Gasteiger partial charge in [-0.2, -0.15) is 5.26 Å². The summed E-state index contributed by atoms with van der Waals surface area (Å²) in [6.07, 6.45) is -0.901. The largest absolute Gasteiger partial charge is 0.428 e. The molecule has 2 unspecified atom stereocenters. The van der Waals surface area contributed by atoms with Crippen LogP contribution in [0.2, 0.25) is 0 Å². The number of anilines is 2. The summed E-state index contributed by atoms with van der Waals surface area (Å²) >= 11 is 0. The molecule has 0 aliphatic carbocycles. The van der Waals surface area contributed by atoms with E-state index >= 15 is 0 Å². The normalized spacial score (nSPS) is 19.3. The van der Waals surface area contributed by atoms with E-state index in [1.54, 1.807) is 30.3 Å². The molecule has 1 amide bonds. The van der Waals surface area contributed by atoms with Crippen molar-refractivity contribution in [2.75, 3.05) is 23.3 Å². The fraction of sp³-hybridized carbons (Fsp3) is 0.364. The van der Waals surface area contributed by atoms with Crippen molar-refractivity contribution in [2.45, 2.75) is 37.9 Å². The number of nitrogens with zero attached hydrogens (tertiary/aromatic N) is 2. The fourth-order valence-corrected chi connectivity index (χ4v) is 5.43. The van der Waals surface area contributed by atoms with Gasteiger partial charge >= 0.3 is 6.09 Å². The van der Waals surface area contributed by atoms with Crippen molar-refractivity contribution >= 4 is 27.3 Å². The second kappa shape index (κ2) is 8.76. The number of aryl methyl sites for hydroxylation is 1. The summed E-state index contributed by atoms with van der Waals surface area (Å²) in [6, 6.07) is 14.4. The average molecular weight is 428 g/mol. The number of nitrogens with one attached hydrogen (secondary N) is 1. The SMILES string of the molecule is CCN(CC)c1ccc(NC(=O)OC2C(C#N)c3ccccc3CS2(=O)=O)c(C)c1. The average Bonchev–Trinajstić information content (AvgIpc) is 2.71. The molecule has 2 atom stereocenters. The minimum atomic E-state index is -3.83. The lowest BCUT2D eigenvalue weighted by Gasteiger charge is -2.29. The zero-order chi connectivity index (χ0) is 21.9. The molecule has 30 heavy (non-hydrogen) atoms. The molecule has 7 nitrogen and oxygen atoms in total. The second-order valence-electron chi connectivity index (χ2n) is 7.18. The number of sulfone groups is 1. The summed E-state index contributed by atoms with van der Waals surface area (Å²) in [4.78, 5) is 14.7. The molecular formula is C22H25N3O4S. The minimum absolute atomic E-state index is 0.267. The first kappa shape index (κ1) is 21.7. The second-order valence-corrected chi connectivity index (χ2v) is 9.26. The van der Waals surface area contributed by atoms with E-state index in [0.717, 1.165) is 24.3 Å². The summed E-state index contributed by atoms with van der Waals surface area (Å²) < 4.78 is 30.7. The van der Waals surface area contributed by atoms with Crippen molar-refractivity contribution in [2.24, 2.45) is 0 Å². The molecule has 0 fully saturated rings. The van der Waals surface area contributed by atoms with Crippen LogP contribution < -0.4 is 10.2 Å². The van der Waals surface area contributed by atoms with Gasteiger partial charge in [-0.15, -0.1) is 0 Å². The number of ether oxygens (including phenoxy) is 1. The number of nitriles is 1. The maximum absolute atomic E-state index is 12.7. The lowest BCUT2D eigenvalue weighted by molar-refractivity contribution is 0.139. The Bertz CT molecular complexity index is 1090. The third-order valence-corrected chi connectivity index (χ3v) is 7.10. The Morgan fingerprint density at radius 3 is 2.57 bits per heavy atom. The van der Waals surface area contributed by atoms with Crippen LogP contribution in [0.5, 0.6) is 0 Å². The van der Waals surface area contributed by atoms with Gasteiger partial charge in [0.05, 0.1) is 11.8 Å². The van der Waals surface area contributed by atoms with Crippen LogP contribution in [0.25, 0.3) is 0 Å². The number of hydrogen-bond acceptors (Lipinski definition) is 6. The molecule has 0 aromatic heterocycles. The van der Waals surface area contributed by atoms with Gasteiger partial charge in [0.1, 0.15) is 5.92 Å². The van der Waals surface area contributed by atoms with E-state index in [2.05, 4.69) is 24.1 Å². The van der Waals surface area contributed by atoms with Crippen LogP contribution in [0.4, 0.5) is 16.2 Å². The molecule has 0 saturated carbocycles. The molecule has 8 heteroatoms. The highest BCUT2D eigenvalue weighted by molar-refractivity contribution is 7.91. The highest BCUT2D eigenvalue weighted by Gasteiger charge is 2.43. The summed E-state index contributed by atoms with van der Waals surface area (Å²) in [5.74, 6) is -1.34. The number of carbonyl (C=O) groups is 1. The van der Waals surface area contributed by atoms with Gasteiger partial charge in [0.15, 0.2) is 9.84 Å². The number of amides is 1. The zero-order valence-corrected chi connectivity index (χ0v) is 18.1. The van der Waals surface area contributed by atoms with E-state index in [-0.39, 0.29) is 5.75 Å². The van der Waals surface area contributed by atoms with Crippen molar-refractivity contribution in [1.82, 2.24) is 0 Å². The van der Waals surface area contributed by atoms with Crippen LogP contribution in [-0.2, 0) is 20.3 Å². The Morgan fingerprint density at radius 2 is 1.93 bits per heavy atom. The third kappa shape index (κ3) is 4.26. The van der Waals surface area contributed by atoms with Crippen LogP contribution in [-0.4, -0.2) is 33.0 Å². The van der Waals surface area contributed by atoms with Crippen molar-refractivity contribution < 1.29 is 17.9 Å². The van der Waals surface area contributed by atoms with Crippen molar-refractivity contribution in [1.29, 1.82) is 5.26 Å². The number of fused-ring (bicyclic) bond motifs is 1. The van der Waals surface area contributed by atoms with Gasteiger partial charge in [-0.25, -0.2) is 13.2 Å². The molecule has 1 heterocycles. The van der Waals surface area contributed by atoms with Crippen LogP contribution in [0.15, 0.2) is 42.5 Å². The molecule has 1 aliphatic rings. The van der Waals surface area contributed by atoms with Crippen LogP contribution in [0.3, 0.4) is 0 Å². The van der Waals surface area contributed by atoms with Gasteiger partial charge in [-0.1, -0.05) is 24.3 Å². The molecular weight excluding hydrogens is 402 g/mol. The lowest BCUT2D eigenvalue weighted by atomic mass is 9.96. The van der Waals surface area contributed by atoms with Crippen molar-refractivity contribution in [3.05, 3.63) is 59.2 Å². The number of carbonyl (C=O) groups excluding carboxylic acids is 1. The van der Waals surface area contributed by atoms with E-state index in [1.807, 2.05) is 25.1 Å². The highest BCUT2D eigenvalue weighted by Crippen LogP contribution is 2.36. The molecule has 0 spiro atoms. The van der Waals surface area contributed by atoms with Gasteiger partial charge < -0.3 is 9.64 Å². The predicted molar refractivity (Wildman–Crippen MR) is 116 cm³/mol. The summed E-state index contributed by atoms with van der Waals surface area (Å²) in [5, 5.41) is 12.2. The molecule has 2 aromatic rings. The topological polar surface area (TPSA) is 99.5 Å². The van der Waals surface area contributed by atoms with Gasteiger partial charge in [0, 0.05) is 24.5 Å². The van der Waals surface area contributed by atoms with Crippen LogP contribution >= 0.6 is 0 Å². The van der Waals surface area contributed by atoms with Gasteiger partial charge in [-0.3, -0.25) is 5.32 Å². The summed E-state index contributed by atoms with van der Waals surface area (Å²) in [6.45, 7) is 7.71. The maximum atomic E-state index is 12.7. The van der Waals surface area contributed by atoms with E-state index in [9.17, 15) is 18.5 Å². The fourth-order valence-electron chi connectivity index (χ4n) is 3.71. The Kier molecular flexibility index (Phi) is 6.32. The van der Waals surface area contributed by atoms with Crippen molar-refractivity contribution in [3.63, 3.8) is 0 Å². The number of rotatable bonds is 5. The van der Waals surface area contributed by atoms with E-state index in [0.29, 0.717) is 16.8 Å². The van der Waals surface area contributed by atoms with E-state index in [1.165, 1.54) is 0 Å². The Hall–Kier alpha value is -3.05. The first-order valence-electron chi connectivity index (χ1n) is 9.83. The minimum Gasteiger partial charge on any atom is -0.428 e. The Morgan fingerprint density at radius 1 is 1.23 bits per heavy atom. The summed E-state index contributed by atoms with van der Waals surface area (Å²) in [7, 11) is -3.83. The van der Waals surface area contributed by atoms with Crippen molar-refractivity contribution in [3.8, 4) is 6.07 Å². The number of benzene rings is 2. The molecule has 0 saturated heterocycles. The molecule has 0 bridgehead atoms. The summed E-state index contributed by atoms with van der Waals surface area (Å²) in [5.41, 5.74) is 1.97. The van der Waals surface area contributed by atoms with Gasteiger partial charge in [0.2, 0.25) is 5.44 Å². The Balaban J connectivity index is 1.80. The van der Waals surface area contributed by atoms with Gasteiger partial charge in [-0.05, 0) is 55.7 Å². The molecule has 1 aliphatic heterocycles. The first-order valence-corrected chi connectivity index (χ1v) is 11.5. The lowest BCUT2D eigenvalue weighted by Crippen LogP contribution is -2.39. The maximum Gasteiger partial charge on any atom is 0.412 e. The predicted octanol–water partition coefficient (Wildman–Crippen LogP) is 3.95. The first-order chi connectivity index (χ1) is 14.3. The zero-order valence-electron chi connectivity index (χ0n) is 17.3.